The van der Waals surface area contributed by atoms with E-state index in [2.05, 4.69) is 65.3 Å². The molecule has 0 aromatic heterocycles. The zero-order valence-electron chi connectivity index (χ0n) is 17.3. The number of ether oxygens (including phenoxy) is 1. The summed E-state index contributed by atoms with van der Waals surface area (Å²) in [5, 5.41) is 0. The zero-order chi connectivity index (χ0) is 19.4. The fraction of sp³-hybridized carbons (Fsp3) is 0.480. The number of fused-ring (bicyclic) bond motifs is 1. The molecule has 1 aliphatic heterocycles. The summed E-state index contributed by atoms with van der Waals surface area (Å²) in [7, 11) is 0. The predicted octanol–water partition coefficient (Wildman–Crippen LogP) is 6.60. The summed E-state index contributed by atoms with van der Waals surface area (Å²) in [5.74, 6) is 0.976. The first-order chi connectivity index (χ1) is 13.9. The maximum atomic E-state index is 5.92. The van der Waals surface area contributed by atoms with E-state index in [9.17, 15) is 0 Å². The summed E-state index contributed by atoms with van der Waals surface area (Å²) in [6.07, 6.45) is 12.6. The Morgan fingerprint density at radius 3 is 2.36 bits per heavy atom. The standard InChI is InChI=1S/C25H34N2O/c1-2-3-4-5-6-7-8-11-18-28-24-16-14-22(15-17-24)20-27-21-26-19-23-12-9-10-13-25(23)27/h9-10,12-17,19H,2-8,11,18,20-21H2,1H3. The molecular formula is C25H34N2O. The van der Waals surface area contributed by atoms with E-state index in [1.807, 2.05) is 6.21 Å². The highest BCUT2D eigenvalue weighted by Gasteiger charge is 2.13. The molecule has 0 fully saturated rings. The molecule has 0 bridgehead atoms. The molecule has 0 unspecified atom stereocenters. The normalized spacial score (nSPS) is 12.8. The van der Waals surface area contributed by atoms with Crippen LogP contribution >= 0.6 is 0 Å². The van der Waals surface area contributed by atoms with Crippen LogP contribution in [0.1, 0.15) is 69.4 Å². The fourth-order valence-electron chi connectivity index (χ4n) is 3.67. The Bertz CT molecular complexity index is 724. The molecule has 2 aromatic carbocycles. The van der Waals surface area contributed by atoms with Gasteiger partial charge in [-0.15, -0.1) is 0 Å². The molecule has 28 heavy (non-hydrogen) atoms. The van der Waals surface area contributed by atoms with Gasteiger partial charge in [0.25, 0.3) is 0 Å². The van der Waals surface area contributed by atoms with Gasteiger partial charge in [-0.25, -0.2) is 0 Å². The lowest BCUT2D eigenvalue weighted by molar-refractivity contribution is 0.304. The van der Waals surface area contributed by atoms with Gasteiger partial charge in [0.15, 0.2) is 0 Å². The number of hydrogen-bond donors (Lipinski definition) is 0. The third-order valence-corrected chi connectivity index (χ3v) is 5.32. The van der Waals surface area contributed by atoms with Crippen molar-refractivity contribution < 1.29 is 4.74 Å². The first kappa shape index (κ1) is 20.4. The molecule has 0 aliphatic carbocycles. The molecule has 150 valence electrons. The summed E-state index contributed by atoms with van der Waals surface area (Å²) >= 11 is 0. The second-order valence-electron chi connectivity index (χ2n) is 7.68. The molecule has 1 heterocycles. The third-order valence-electron chi connectivity index (χ3n) is 5.32. The molecule has 3 rings (SSSR count). The van der Waals surface area contributed by atoms with Gasteiger partial charge in [-0.3, -0.25) is 4.99 Å². The van der Waals surface area contributed by atoms with E-state index >= 15 is 0 Å². The van der Waals surface area contributed by atoms with Crippen LogP contribution in [-0.2, 0) is 6.54 Å². The molecular weight excluding hydrogens is 344 g/mol. The molecule has 0 saturated carbocycles. The van der Waals surface area contributed by atoms with Crippen molar-refractivity contribution in [3.05, 3.63) is 59.7 Å². The Labute approximate surface area is 170 Å². The number of nitrogens with zero attached hydrogens (tertiary/aromatic N) is 2. The Kier molecular flexibility index (Phi) is 8.42. The first-order valence-electron chi connectivity index (χ1n) is 10.9. The lowest BCUT2D eigenvalue weighted by atomic mass is 10.1. The maximum Gasteiger partial charge on any atom is 0.119 e. The van der Waals surface area contributed by atoms with Crippen molar-refractivity contribution in [2.24, 2.45) is 4.99 Å². The van der Waals surface area contributed by atoms with Crippen LogP contribution < -0.4 is 9.64 Å². The minimum absolute atomic E-state index is 0.716. The summed E-state index contributed by atoms with van der Waals surface area (Å²) < 4.78 is 5.92. The highest BCUT2D eigenvalue weighted by atomic mass is 16.5. The maximum absolute atomic E-state index is 5.92. The summed E-state index contributed by atoms with van der Waals surface area (Å²) in [5.41, 5.74) is 3.73. The predicted molar refractivity (Wildman–Crippen MR) is 120 cm³/mol. The van der Waals surface area contributed by atoms with Crippen LogP contribution in [0, 0.1) is 0 Å². The average Bonchev–Trinajstić information content (AvgIpc) is 2.74. The number of hydrogen-bond acceptors (Lipinski definition) is 3. The summed E-state index contributed by atoms with van der Waals surface area (Å²) in [6, 6.07) is 17.0. The van der Waals surface area contributed by atoms with Gasteiger partial charge in [0, 0.05) is 24.0 Å². The number of anilines is 1. The molecule has 0 radical (unpaired) electrons. The van der Waals surface area contributed by atoms with E-state index in [0.717, 1.165) is 25.3 Å². The van der Waals surface area contributed by atoms with E-state index in [0.29, 0.717) is 6.67 Å². The van der Waals surface area contributed by atoms with Gasteiger partial charge < -0.3 is 9.64 Å². The lowest BCUT2D eigenvalue weighted by Crippen LogP contribution is -2.26. The van der Waals surface area contributed by atoms with Crippen LogP contribution in [0.3, 0.4) is 0 Å². The van der Waals surface area contributed by atoms with Gasteiger partial charge in [-0.05, 0) is 30.2 Å². The number of unbranched alkanes of at least 4 members (excludes halogenated alkanes) is 7. The first-order valence-corrected chi connectivity index (χ1v) is 10.9. The van der Waals surface area contributed by atoms with Crippen molar-refractivity contribution in [1.82, 2.24) is 0 Å². The fourth-order valence-corrected chi connectivity index (χ4v) is 3.67. The van der Waals surface area contributed by atoms with E-state index in [-0.39, 0.29) is 0 Å². The smallest absolute Gasteiger partial charge is 0.119 e. The Morgan fingerprint density at radius 1 is 0.857 bits per heavy atom. The second kappa shape index (κ2) is 11.5. The van der Waals surface area contributed by atoms with Crippen molar-refractivity contribution in [2.45, 2.75) is 64.8 Å². The molecule has 3 nitrogen and oxygen atoms in total. The van der Waals surface area contributed by atoms with Crippen LogP contribution in [0.4, 0.5) is 5.69 Å². The topological polar surface area (TPSA) is 24.8 Å². The summed E-state index contributed by atoms with van der Waals surface area (Å²) in [4.78, 5) is 6.79. The monoisotopic (exact) mass is 378 g/mol. The highest BCUT2D eigenvalue weighted by molar-refractivity contribution is 5.89. The van der Waals surface area contributed by atoms with Crippen molar-refractivity contribution >= 4 is 11.9 Å². The van der Waals surface area contributed by atoms with Gasteiger partial charge in [-0.1, -0.05) is 82.2 Å². The lowest BCUT2D eigenvalue weighted by Gasteiger charge is -2.27. The van der Waals surface area contributed by atoms with Crippen LogP contribution in [0.2, 0.25) is 0 Å². The quantitative estimate of drug-likeness (QED) is 0.389. The molecule has 0 amide bonds. The Balaban J connectivity index is 1.36. The summed E-state index contributed by atoms with van der Waals surface area (Å²) in [6.45, 7) is 4.67. The highest BCUT2D eigenvalue weighted by Crippen LogP contribution is 2.24. The minimum Gasteiger partial charge on any atom is -0.494 e. The minimum atomic E-state index is 0.716. The van der Waals surface area contributed by atoms with Gasteiger partial charge in [0.1, 0.15) is 12.4 Å². The van der Waals surface area contributed by atoms with Gasteiger partial charge in [0.05, 0.1) is 6.61 Å². The number of para-hydroxylation sites is 1. The van der Waals surface area contributed by atoms with E-state index in [1.54, 1.807) is 0 Å². The largest absolute Gasteiger partial charge is 0.494 e. The second-order valence-corrected chi connectivity index (χ2v) is 7.68. The molecule has 1 aliphatic rings. The van der Waals surface area contributed by atoms with Crippen molar-refractivity contribution in [3.63, 3.8) is 0 Å². The Hall–Kier alpha value is -2.29. The third kappa shape index (κ3) is 6.40. The van der Waals surface area contributed by atoms with E-state index in [4.69, 9.17) is 4.74 Å². The van der Waals surface area contributed by atoms with Gasteiger partial charge in [0.2, 0.25) is 0 Å². The van der Waals surface area contributed by atoms with E-state index in [1.165, 1.54) is 61.8 Å². The molecule has 3 heteroatoms. The van der Waals surface area contributed by atoms with Crippen molar-refractivity contribution in [2.75, 3.05) is 18.2 Å². The van der Waals surface area contributed by atoms with Gasteiger partial charge in [-0.2, -0.15) is 0 Å². The van der Waals surface area contributed by atoms with Crippen LogP contribution in [0.25, 0.3) is 0 Å². The van der Waals surface area contributed by atoms with E-state index < -0.39 is 0 Å². The SMILES string of the molecule is CCCCCCCCCCOc1ccc(CN2CN=Cc3ccccc32)cc1. The molecule has 0 spiro atoms. The van der Waals surface area contributed by atoms with Gasteiger partial charge >= 0.3 is 0 Å². The Morgan fingerprint density at radius 2 is 1.57 bits per heavy atom. The van der Waals surface area contributed by atoms with Crippen molar-refractivity contribution in [1.29, 1.82) is 0 Å². The van der Waals surface area contributed by atoms with Crippen molar-refractivity contribution in [3.8, 4) is 5.75 Å². The molecule has 0 N–H and O–H groups in total. The molecule has 2 aromatic rings. The number of benzene rings is 2. The van der Waals surface area contributed by atoms with Crippen LogP contribution in [0.5, 0.6) is 5.75 Å². The molecule has 0 saturated heterocycles. The average molecular weight is 379 g/mol. The molecule has 0 atom stereocenters. The van der Waals surface area contributed by atoms with Crippen LogP contribution in [0.15, 0.2) is 53.5 Å². The number of rotatable bonds is 12. The van der Waals surface area contributed by atoms with Crippen LogP contribution in [-0.4, -0.2) is 19.5 Å². The number of aliphatic imine (C=N–C) groups is 1. The zero-order valence-corrected chi connectivity index (χ0v) is 17.3.